The molecular formula is C14H18ClFN2. The predicted octanol–water partition coefficient (Wildman–Crippen LogP) is 2.66. The van der Waals surface area contributed by atoms with Crippen LogP contribution >= 0.6 is 11.6 Å². The first kappa shape index (κ1) is 12.4. The lowest BCUT2D eigenvalue weighted by molar-refractivity contribution is 0.308. The molecule has 1 N–H and O–H groups in total. The zero-order valence-corrected chi connectivity index (χ0v) is 11.1. The zero-order valence-electron chi connectivity index (χ0n) is 10.3. The number of halogens is 2. The Morgan fingerprint density at radius 1 is 1.39 bits per heavy atom. The van der Waals surface area contributed by atoms with Crippen LogP contribution in [0.1, 0.15) is 18.4 Å². The Hall–Kier alpha value is -0.640. The summed E-state index contributed by atoms with van der Waals surface area (Å²) in [5, 5.41) is 4.10. The fraction of sp³-hybridized carbons (Fsp3) is 0.571. The molecule has 2 fully saturated rings. The number of fused-ring (bicyclic) bond motifs is 1. The van der Waals surface area contributed by atoms with Crippen molar-refractivity contribution in [3.05, 3.63) is 34.6 Å². The molecule has 1 aromatic rings. The molecule has 0 aromatic heterocycles. The average Bonchev–Trinajstić information content (AvgIpc) is 2.76. The molecule has 2 atom stereocenters. The molecule has 0 radical (unpaired) electrons. The van der Waals surface area contributed by atoms with Gasteiger partial charge in [0.1, 0.15) is 5.82 Å². The Balaban J connectivity index is 1.70. The molecule has 18 heavy (non-hydrogen) atoms. The second kappa shape index (κ2) is 5.16. The van der Waals surface area contributed by atoms with E-state index in [1.807, 2.05) is 0 Å². The molecule has 4 heteroatoms. The lowest BCUT2D eigenvalue weighted by Gasteiger charge is -2.24. The van der Waals surface area contributed by atoms with E-state index in [0.717, 1.165) is 25.6 Å². The van der Waals surface area contributed by atoms with Crippen molar-refractivity contribution in [3.8, 4) is 0 Å². The van der Waals surface area contributed by atoms with Gasteiger partial charge in [-0.25, -0.2) is 4.39 Å². The summed E-state index contributed by atoms with van der Waals surface area (Å²) in [5.41, 5.74) is 0.637. The molecule has 2 nitrogen and oxygen atoms in total. The van der Waals surface area contributed by atoms with Crippen LogP contribution in [-0.4, -0.2) is 30.6 Å². The minimum Gasteiger partial charge on any atom is -0.312 e. The third-order valence-electron chi connectivity index (χ3n) is 4.12. The molecule has 2 saturated heterocycles. The van der Waals surface area contributed by atoms with Gasteiger partial charge < -0.3 is 5.32 Å². The monoisotopic (exact) mass is 268 g/mol. The van der Waals surface area contributed by atoms with Crippen LogP contribution in [0, 0.1) is 11.7 Å². The Labute approximate surface area is 112 Å². The molecule has 1 aromatic carbocycles. The maximum atomic E-state index is 13.7. The third-order valence-corrected chi connectivity index (χ3v) is 4.47. The number of hydrogen-bond donors (Lipinski definition) is 1. The van der Waals surface area contributed by atoms with E-state index in [2.05, 4.69) is 10.2 Å². The number of benzene rings is 1. The smallest absolute Gasteiger partial charge is 0.129 e. The fourth-order valence-electron chi connectivity index (χ4n) is 3.17. The highest BCUT2D eigenvalue weighted by Gasteiger charge is 2.34. The van der Waals surface area contributed by atoms with Gasteiger partial charge in [0.25, 0.3) is 0 Å². The Morgan fingerprint density at radius 2 is 2.28 bits per heavy atom. The first-order valence-corrected chi connectivity index (χ1v) is 7.00. The predicted molar refractivity (Wildman–Crippen MR) is 71.2 cm³/mol. The van der Waals surface area contributed by atoms with E-state index >= 15 is 0 Å². The van der Waals surface area contributed by atoms with Gasteiger partial charge in [0.05, 0.1) is 0 Å². The Bertz CT molecular complexity index is 404. The first-order valence-electron chi connectivity index (χ1n) is 6.62. The maximum absolute atomic E-state index is 13.7. The van der Waals surface area contributed by atoms with E-state index in [0.29, 0.717) is 23.2 Å². The minimum absolute atomic E-state index is 0.190. The highest BCUT2D eigenvalue weighted by Crippen LogP contribution is 2.28. The molecule has 2 aliphatic rings. The molecular weight excluding hydrogens is 251 g/mol. The van der Waals surface area contributed by atoms with Crippen molar-refractivity contribution < 1.29 is 4.39 Å². The molecule has 0 aliphatic carbocycles. The molecule has 0 spiro atoms. The van der Waals surface area contributed by atoms with Gasteiger partial charge >= 0.3 is 0 Å². The fourth-order valence-corrected chi connectivity index (χ4v) is 3.39. The van der Waals surface area contributed by atoms with E-state index in [1.165, 1.54) is 18.9 Å². The van der Waals surface area contributed by atoms with Crippen molar-refractivity contribution in [2.24, 2.45) is 5.92 Å². The van der Waals surface area contributed by atoms with E-state index in [-0.39, 0.29) is 5.82 Å². The van der Waals surface area contributed by atoms with Crippen molar-refractivity contribution in [1.29, 1.82) is 0 Å². The summed E-state index contributed by atoms with van der Waals surface area (Å²) >= 11 is 6.08. The van der Waals surface area contributed by atoms with Crippen LogP contribution in [0.2, 0.25) is 5.02 Å². The normalized spacial score (nSPS) is 28.3. The molecule has 0 bridgehead atoms. The van der Waals surface area contributed by atoms with Crippen LogP contribution in [0.25, 0.3) is 0 Å². The van der Waals surface area contributed by atoms with Crippen molar-refractivity contribution in [2.45, 2.75) is 25.4 Å². The van der Waals surface area contributed by atoms with Crippen LogP contribution in [-0.2, 0) is 6.54 Å². The summed E-state index contributed by atoms with van der Waals surface area (Å²) in [5.74, 6) is 0.537. The standard InChI is InChI=1S/C14H18ClFN2/c15-12-4-1-5-13(16)11(12)8-18-7-10-3-2-6-17-14(10)9-18/h1,4-5,10,14,17H,2-3,6-9H2/t10-,14+/m0/s1. The Morgan fingerprint density at radius 3 is 3.06 bits per heavy atom. The van der Waals surface area contributed by atoms with Crippen molar-refractivity contribution in [1.82, 2.24) is 10.2 Å². The SMILES string of the molecule is Fc1cccc(Cl)c1CN1C[C@@H]2CCCN[C@@H]2C1. The highest BCUT2D eigenvalue weighted by atomic mass is 35.5. The number of rotatable bonds is 2. The summed E-state index contributed by atoms with van der Waals surface area (Å²) in [6.07, 6.45) is 2.55. The van der Waals surface area contributed by atoms with Gasteiger partial charge in [-0.2, -0.15) is 0 Å². The number of nitrogens with one attached hydrogen (secondary N) is 1. The summed E-state index contributed by atoms with van der Waals surface area (Å²) in [6, 6.07) is 5.50. The van der Waals surface area contributed by atoms with E-state index < -0.39 is 0 Å². The quantitative estimate of drug-likeness (QED) is 0.887. The van der Waals surface area contributed by atoms with Gasteiger partial charge in [0, 0.05) is 36.3 Å². The van der Waals surface area contributed by atoms with Crippen molar-refractivity contribution in [2.75, 3.05) is 19.6 Å². The molecule has 3 rings (SSSR count). The van der Waals surface area contributed by atoms with E-state index in [4.69, 9.17) is 11.6 Å². The lowest BCUT2D eigenvalue weighted by Crippen LogP contribution is -2.40. The van der Waals surface area contributed by atoms with Gasteiger partial charge in [-0.05, 0) is 37.4 Å². The second-order valence-corrected chi connectivity index (χ2v) is 5.76. The molecule has 2 aliphatic heterocycles. The van der Waals surface area contributed by atoms with E-state index in [9.17, 15) is 4.39 Å². The van der Waals surface area contributed by atoms with Crippen LogP contribution in [0.15, 0.2) is 18.2 Å². The largest absolute Gasteiger partial charge is 0.312 e. The third kappa shape index (κ3) is 2.40. The second-order valence-electron chi connectivity index (χ2n) is 5.36. The summed E-state index contributed by atoms with van der Waals surface area (Å²) < 4.78 is 13.7. The summed E-state index contributed by atoms with van der Waals surface area (Å²) in [7, 11) is 0. The molecule has 0 saturated carbocycles. The average molecular weight is 269 g/mol. The van der Waals surface area contributed by atoms with Crippen molar-refractivity contribution in [3.63, 3.8) is 0 Å². The summed E-state index contributed by atoms with van der Waals surface area (Å²) in [4.78, 5) is 2.32. The number of nitrogens with zero attached hydrogens (tertiary/aromatic N) is 1. The van der Waals surface area contributed by atoms with Gasteiger partial charge in [-0.3, -0.25) is 4.90 Å². The number of likely N-dealkylation sites (tertiary alicyclic amines) is 1. The van der Waals surface area contributed by atoms with Gasteiger partial charge in [-0.1, -0.05) is 17.7 Å². The molecule has 98 valence electrons. The zero-order chi connectivity index (χ0) is 12.5. The number of piperidine rings is 1. The topological polar surface area (TPSA) is 15.3 Å². The van der Waals surface area contributed by atoms with Crippen LogP contribution in [0.4, 0.5) is 4.39 Å². The molecule has 0 unspecified atom stereocenters. The first-order chi connectivity index (χ1) is 8.74. The summed E-state index contributed by atoms with van der Waals surface area (Å²) in [6.45, 7) is 3.81. The lowest BCUT2D eigenvalue weighted by atomic mass is 9.94. The van der Waals surface area contributed by atoms with Crippen molar-refractivity contribution >= 4 is 11.6 Å². The number of hydrogen-bond acceptors (Lipinski definition) is 2. The van der Waals surface area contributed by atoms with Crippen LogP contribution in [0.3, 0.4) is 0 Å². The van der Waals surface area contributed by atoms with Gasteiger partial charge in [0.15, 0.2) is 0 Å². The van der Waals surface area contributed by atoms with Crippen LogP contribution in [0.5, 0.6) is 0 Å². The minimum atomic E-state index is -0.190. The highest BCUT2D eigenvalue weighted by molar-refractivity contribution is 6.31. The molecule has 2 heterocycles. The van der Waals surface area contributed by atoms with Crippen LogP contribution < -0.4 is 5.32 Å². The van der Waals surface area contributed by atoms with E-state index in [1.54, 1.807) is 12.1 Å². The van der Waals surface area contributed by atoms with Gasteiger partial charge in [0.2, 0.25) is 0 Å². The molecule has 0 amide bonds. The maximum Gasteiger partial charge on any atom is 0.129 e. The van der Waals surface area contributed by atoms with Gasteiger partial charge in [-0.15, -0.1) is 0 Å². The Kier molecular flexibility index (Phi) is 3.55.